The molecule has 1 aromatic heterocycles. The molecule has 1 heterocycles. The molecule has 0 fully saturated rings. The number of nitro groups is 1. The maximum atomic E-state index is 11.9. The van der Waals surface area contributed by atoms with Crippen molar-refractivity contribution in [1.82, 2.24) is 10.4 Å². The second kappa shape index (κ2) is 6.27. The number of phenolic OH excluding ortho intramolecular Hbond substituents is 2. The molecule has 0 aliphatic carbocycles. The van der Waals surface area contributed by atoms with E-state index in [2.05, 4.69) is 15.5 Å². The average Bonchev–Trinajstić information content (AvgIpc) is 2.79. The van der Waals surface area contributed by atoms with Gasteiger partial charge in [-0.25, -0.2) is 10.4 Å². The average molecular weight is 337 g/mol. The van der Waals surface area contributed by atoms with Crippen LogP contribution in [0.2, 0.25) is 0 Å². The van der Waals surface area contributed by atoms with Crippen LogP contribution in [0.4, 0.5) is 10.8 Å². The van der Waals surface area contributed by atoms with Crippen LogP contribution >= 0.6 is 11.3 Å². The Balaban J connectivity index is 2.17. The van der Waals surface area contributed by atoms with Crippen LogP contribution in [0.1, 0.15) is 20.9 Å². The Bertz CT molecular complexity index is 816. The third kappa shape index (κ3) is 3.52. The van der Waals surface area contributed by atoms with Gasteiger partial charge in [-0.3, -0.25) is 14.9 Å². The molecule has 10 nitrogen and oxygen atoms in total. The summed E-state index contributed by atoms with van der Waals surface area (Å²) in [6, 6.07) is 1.74. The van der Waals surface area contributed by atoms with Crippen LogP contribution in [-0.2, 0) is 0 Å². The SMILES string of the molecule is Cc1nc(N)sc1C(=O)N/N=C\c1cc([N+](=O)[O-])c(O)cc1O. The van der Waals surface area contributed by atoms with Gasteiger partial charge in [0.2, 0.25) is 0 Å². The van der Waals surface area contributed by atoms with Gasteiger partial charge in [-0.05, 0) is 6.92 Å². The highest BCUT2D eigenvalue weighted by Gasteiger charge is 2.17. The van der Waals surface area contributed by atoms with E-state index in [1.165, 1.54) is 0 Å². The number of nitrogen functional groups attached to an aromatic ring is 1. The van der Waals surface area contributed by atoms with E-state index >= 15 is 0 Å². The molecule has 0 saturated heterocycles. The molecule has 0 spiro atoms. The fourth-order valence-corrected chi connectivity index (χ4v) is 2.39. The van der Waals surface area contributed by atoms with Crippen LogP contribution in [0.15, 0.2) is 17.2 Å². The summed E-state index contributed by atoms with van der Waals surface area (Å²) in [6.07, 6.45) is 1.01. The highest BCUT2D eigenvalue weighted by atomic mass is 32.1. The summed E-state index contributed by atoms with van der Waals surface area (Å²) in [4.78, 5) is 25.9. The number of nitrogens with one attached hydrogen (secondary N) is 1. The molecule has 0 saturated carbocycles. The van der Waals surface area contributed by atoms with E-state index in [-0.39, 0.29) is 15.6 Å². The largest absolute Gasteiger partial charge is 0.507 e. The third-order valence-corrected chi connectivity index (χ3v) is 3.70. The number of rotatable bonds is 4. The van der Waals surface area contributed by atoms with Gasteiger partial charge in [-0.2, -0.15) is 5.10 Å². The van der Waals surface area contributed by atoms with Crippen LogP contribution in [-0.4, -0.2) is 32.2 Å². The van der Waals surface area contributed by atoms with E-state index in [1.807, 2.05) is 0 Å². The summed E-state index contributed by atoms with van der Waals surface area (Å²) in [5.74, 6) is -1.66. The van der Waals surface area contributed by atoms with Gasteiger partial charge in [0.25, 0.3) is 5.91 Å². The number of amides is 1. The number of carbonyl (C=O) groups is 1. The summed E-state index contributed by atoms with van der Waals surface area (Å²) >= 11 is 0.989. The number of benzene rings is 1. The number of aromatic hydroxyl groups is 2. The number of phenols is 2. The first-order valence-electron chi connectivity index (χ1n) is 6.06. The highest BCUT2D eigenvalue weighted by molar-refractivity contribution is 7.17. The van der Waals surface area contributed by atoms with E-state index in [0.717, 1.165) is 29.7 Å². The molecule has 5 N–H and O–H groups in total. The molecule has 1 aromatic carbocycles. The first-order valence-corrected chi connectivity index (χ1v) is 6.88. The topological polar surface area (TPSA) is 164 Å². The fraction of sp³-hybridized carbons (Fsp3) is 0.0833. The van der Waals surface area contributed by atoms with Crippen LogP contribution in [0.5, 0.6) is 11.5 Å². The molecule has 2 rings (SSSR count). The molecule has 0 aliphatic rings. The quantitative estimate of drug-likeness (QED) is 0.368. The summed E-state index contributed by atoms with van der Waals surface area (Å²) in [7, 11) is 0. The van der Waals surface area contributed by atoms with Crippen molar-refractivity contribution in [2.45, 2.75) is 6.92 Å². The van der Waals surface area contributed by atoms with Crippen molar-refractivity contribution in [2.75, 3.05) is 5.73 Å². The number of nitrogens with two attached hydrogens (primary N) is 1. The van der Waals surface area contributed by atoms with Gasteiger partial charge in [0.05, 0.1) is 16.8 Å². The van der Waals surface area contributed by atoms with Crippen molar-refractivity contribution in [3.63, 3.8) is 0 Å². The molecule has 0 atom stereocenters. The number of nitrogens with zero attached hydrogens (tertiary/aromatic N) is 3. The number of hydrazone groups is 1. The van der Waals surface area contributed by atoms with Crippen LogP contribution in [0.25, 0.3) is 0 Å². The molecular formula is C12H11N5O5S. The van der Waals surface area contributed by atoms with Crippen LogP contribution in [0.3, 0.4) is 0 Å². The Hall–Kier alpha value is -3.21. The zero-order valence-electron chi connectivity index (χ0n) is 11.7. The van der Waals surface area contributed by atoms with Gasteiger partial charge in [-0.15, -0.1) is 0 Å². The molecular weight excluding hydrogens is 326 g/mol. The molecule has 0 unspecified atom stereocenters. The summed E-state index contributed by atoms with van der Waals surface area (Å²) in [5.41, 5.74) is 7.48. The van der Waals surface area contributed by atoms with E-state index in [4.69, 9.17) is 5.73 Å². The second-order valence-corrected chi connectivity index (χ2v) is 5.35. The zero-order valence-corrected chi connectivity index (χ0v) is 12.5. The smallest absolute Gasteiger partial charge is 0.311 e. The molecule has 1 amide bonds. The maximum absolute atomic E-state index is 11.9. The Morgan fingerprint density at radius 3 is 2.74 bits per heavy atom. The lowest BCUT2D eigenvalue weighted by Crippen LogP contribution is -2.17. The number of carbonyl (C=O) groups excluding carboxylic acids is 1. The predicted molar refractivity (Wildman–Crippen MR) is 82.7 cm³/mol. The zero-order chi connectivity index (χ0) is 17.1. The number of hydrogen-bond donors (Lipinski definition) is 4. The minimum Gasteiger partial charge on any atom is -0.507 e. The molecule has 2 aromatic rings. The van der Waals surface area contributed by atoms with E-state index in [1.54, 1.807) is 6.92 Å². The Morgan fingerprint density at radius 2 is 2.17 bits per heavy atom. The first-order chi connectivity index (χ1) is 10.8. The lowest BCUT2D eigenvalue weighted by atomic mass is 10.2. The van der Waals surface area contributed by atoms with Gasteiger partial charge in [0.1, 0.15) is 10.6 Å². The van der Waals surface area contributed by atoms with Crippen molar-refractivity contribution in [1.29, 1.82) is 0 Å². The molecule has 0 bridgehead atoms. The number of thiazole rings is 1. The number of anilines is 1. The van der Waals surface area contributed by atoms with Gasteiger partial charge in [0.15, 0.2) is 10.9 Å². The van der Waals surface area contributed by atoms with Crippen LogP contribution < -0.4 is 11.2 Å². The number of aryl methyl sites for hydroxylation is 1. The normalized spacial score (nSPS) is 10.8. The van der Waals surface area contributed by atoms with Crippen LogP contribution in [0, 0.1) is 17.0 Å². The molecule has 23 heavy (non-hydrogen) atoms. The minimum absolute atomic E-state index is 0.0460. The number of hydrogen-bond acceptors (Lipinski definition) is 9. The monoisotopic (exact) mass is 337 g/mol. The third-order valence-electron chi connectivity index (χ3n) is 2.71. The fourth-order valence-electron chi connectivity index (χ4n) is 1.67. The highest BCUT2D eigenvalue weighted by Crippen LogP contribution is 2.31. The number of aromatic nitrogens is 1. The van der Waals surface area contributed by atoms with E-state index in [0.29, 0.717) is 5.69 Å². The molecule has 11 heteroatoms. The van der Waals surface area contributed by atoms with Crippen molar-refractivity contribution in [2.24, 2.45) is 5.10 Å². The molecule has 120 valence electrons. The van der Waals surface area contributed by atoms with E-state index < -0.39 is 28.0 Å². The lowest BCUT2D eigenvalue weighted by molar-refractivity contribution is -0.385. The number of nitro benzene ring substituents is 1. The molecule has 0 radical (unpaired) electrons. The predicted octanol–water partition coefficient (Wildman–Crippen LogP) is 1.12. The first kappa shape index (κ1) is 16.2. The van der Waals surface area contributed by atoms with Crippen molar-refractivity contribution in [3.05, 3.63) is 38.4 Å². The van der Waals surface area contributed by atoms with Crippen molar-refractivity contribution in [3.8, 4) is 11.5 Å². The maximum Gasteiger partial charge on any atom is 0.311 e. The summed E-state index contributed by atoms with van der Waals surface area (Å²) in [6.45, 7) is 1.61. The molecule has 0 aliphatic heterocycles. The van der Waals surface area contributed by atoms with Crippen molar-refractivity contribution >= 4 is 34.3 Å². The van der Waals surface area contributed by atoms with Gasteiger partial charge in [-0.1, -0.05) is 11.3 Å². The van der Waals surface area contributed by atoms with E-state index in [9.17, 15) is 25.1 Å². The Labute approximate surface area is 133 Å². The van der Waals surface area contributed by atoms with Gasteiger partial charge >= 0.3 is 5.69 Å². The lowest BCUT2D eigenvalue weighted by Gasteiger charge is -2.01. The Kier molecular flexibility index (Phi) is 4.41. The summed E-state index contributed by atoms with van der Waals surface area (Å²) in [5, 5.41) is 33.5. The second-order valence-electron chi connectivity index (χ2n) is 4.32. The van der Waals surface area contributed by atoms with Crippen molar-refractivity contribution < 1.29 is 19.9 Å². The summed E-state index contributed by atoms with van der Waals surface area (Å²) < 4.78 is 0. The Morgan fingerprint density at radius 1 is 1.48 bits per heavy atom. The van der Waals surface area contributed by atoms with Gasteiger partial charge < -0.3 is 15.9 Å². The minimum atomic E-state index is -0.811. The standard InChI is InChI=1S/C12H11N5O5S/c1-5-10(23-12(13)15-5)11(20)16-14-4-6-2-7(17(21)22)9(19)3-8(6)18/h2-4,18-19H,1H3,(H2,13,15)(H,16,20)/b14-4-. The van der Waals surface area contributed by atoms with Gasteiger partial charge in [0, 0.05) is 17.7 Å².